The zero-order valence-electron chi connectivity index (χ0n) is 13.9. The van der Waals surface area contributed by atoms with Crippen molar-refractivity contribution >= 4 is 29.9 Å². The summed E-state index contributed by atoms with van der Waals surface area (Å²) >= 11 is 0. The molecule has 1 aromatic rings. The van der Waals surface area contributed by atoms with Gasteiger partial charge in [0.05, 0.1) is 6.61 Å². The van der Waals surface area contributed by atoms with Crippen molar-refractivity contribution in [1.82, 2.24) is 10.2 Å². The quantitative estimate of drug-likeness (QED) is 0.406. The fourth-order valence-corrected chi connectivity index (χ4v) is 2.57. The van der Waals surface area contributed by atoms with Crippen LogP contribution in [0.1, 0.15) is 25.3 Å². The number of benzene rings is 1. The maximum Gasteiger partial charge on any atom is 0.387 e. The van der Waals surface area contributed by atoms with Crippen LogP contribution in [0.3, 0.4) is 0 Å². The Labute approximate surface area is 158 Å². The van der Waals surface area contributed by atoms with E-state index in [0.29, 0.717) is 18.9 Å². The van der Waals surface area contributed by atoms with Crippen LogP contribution >= 0.6 is 24.0 Å². The van der Waals surface area contributed by atoms with E-state index in [9.17, 15) is 8.78 Å². The number of likely N-dealkylation sites (tertiary alicyclic amines) is 1. The fourth-order valence-electron chi connectivity index (χ4n) is 2.57. The normalized spacial score (nSPS) is 14.5. The molecule has 1 N–H and O–H groups in total. The van der Waals surface area contributed by atoms with Gasteiger partial charge in [-0.15, -0.1) is 24.0 Å². The molecule has 1 aliphatic rings. The molecule has 0 atom stereocenters. The average Bonchev–Trinajstić information content (AvgIpc) is 3.04. The van der Waals surface area contributed by atoms with Crippen LogP contribution in [0.25, 0.3) is 0 Å². The number of hydrogen-bond donors (Lipinski definition) is 1. The first kappa shape index (κ1) is 20.7. The maximum absolute atomic E-state index is 12.4. The summed E-state index contributed by atoms with van der Waals surface area (Å²) in [6.45, 7) is 1.86. The van der Waals surface area contributed by atoms with Crippen molar-refractivity contribution in [3.8, 4) is 11.5 Å². The lowest BCUT2D eigenvalue weighted by Gasteiger charge is -2.21. The number of alkyl halides is 2. The van der Waals surface area contributed by atoms with Crippen LogP contribution in [0.15, 0.2) is 23.2 Å². The summed E-state index contributed by atoms with van der Waals surface area (Å²) < 4.78 is 34.7. The second kappa shape index (κ2) is 10.5. The van der Waals surface area contributed by atoms with Gasteiger partial charge in [-0.1, -0.05) is 6.07 Å². The molecule has 1 fully saturated rings. The van der Waals surface area contributed by atoms with E-state index in [1.54, 1.807) is 26.1 Å². The number of aliphatic imine (C=N–C) groups is 1. The van der Waals surface area contributed by atoms with Gasteiger partial charge in [0.15, 0.2) is 17.5 Å². The van der Waals surface area contributed by atoms with Gasteiger partial charge in [0.1, 0.15) is 0 Å². The number of ether oxygens (including phenoxy) is 2. The number of rotatable bonds is 6. The van der Waals surface area contributed by atoms with Crippen LogP contribution in [0.4, 0.5) is 8.78 Å². The Balaban J connectivity index is 0.00000288. The van der Waals surface area contributed by atoms with Crippen molar-refractivity contribution in [2.24, 2.45) is 4.99 Å². The summed E-state index contributed by atoms with van der Waals surface area (Å²) in [6.07, 6.45) is 2.35. The van der Waals surface area contributed by atoms with E-state index in [1.807, 2.05) is 0 Å². The molecular formula is C16H24F2IN3O2. The molecule has 1 aliphatic heterocycles. The van der Waals surface area contributed by atoms with Crippen LogP contribution in [-0.2, 0) is 6.54 Å². The minimum absolute atomic E-state index is 0. The van der Waals surface area contributed by atoms with E-state index >= 15 is 0 Å². The Hall–Kier alpha value is -1.32. The zero-order chi connectivity index (χ0) is 16.7. The van der Waals surface area contributed by atoms with E-state index in [-0.39, 0.29) is 29.7 Å². The Morgan fingerprint density at radius 2 is 2.00 bits per heavy atom. The van der Waals surface area contributed by atoms with Gasteiger partial charge >= 0.3 is 6.61 Å². The minimum atomic E-state index is -2.87. The maximum atomic E-state index is 12.4. The fraction of sp³-hybridized carbons (Fsp3) is 0.562. The second-order valence-electron chi connectivity index (χ2n) is 5.19. The third kappa shape index (κ3) is 5.95. The average molecular weight is 455 g/mol. The topological polar surface area (TPSA) is 46.1 Å². The lowest BCUT2D eigenvalue weighted by Crippen LogP contribution is -2.39. The SMILES string of the molecule is CCOc1cc(CNC(=NC)N2CCCC2)ccc1OC(F)F.I. The molecule has 1 heterocycles. The van der Waals surface area contributed by atoms with Crippen molar-refractivity contribution in [1.29, 1.82) is 0 Å². The van der Waals surface area contributed by atoms with Crippen molar-refractivity contribution < 1.29 is 18.3 Å². The van der Waals surface area contributed by atoms with Gasteiger partial charge in [-0.2, -0.15) is 8.78 Å². The Bertz CT molecular complexity index is 538. The standard InChI is InChI=1S/C16H23F2N3O2.HI/c1-3-22-14-10-12(6-7-13(14)23-15(17)18)11-20-16(19-2)21-8-4-5-9-21;/h6-7,10,15H,3-5,8-9,11H2,1-2H3,(H,19,20);1H. The molecule has 8 heteroatoms. The minimum Gasteiger partial charge on any atom is -0.490 e. The third-order valence-corrected chi connectivity index (χ3v) is 3.59. The number of halogens is 3. The highest BCUT2D eigenvalue weighted by Crippen LogP contribution is 2.29. The highest BCUT2D eigenvalue weighted by molar-refractivity contribution is 14.0. The molecule has 5 nitrogen and oxygen atoms in total. The van der Waals surface area contributed by atoms with E-state index in [4.69, 9.17) is 4.74 Å². The molecule has 1 aromatic carbocycles. The molecule has 0 unspecified atom stereocenters. The van der Waals surface area contributed by atoms with Gasteiger partial charge in [-0.05, 0) is 37.5 Å². The highest BCUT2D eigenvalue weighted by atomic mass is 127. The smallest absolute Gasteiger partial charge is 0.387 e. The lowest BCUT2D eigenvalue weighted by molar-refractivity contribution is -0.0514. The predicted octanol–water partition coefficient (Wildman–Crippen LogP) is 3.48. The summed E-state index contributed by atoms with van der Waals surface area (Å²) in [5.74, 6) is 1.23. The molecule has 0 amide bonds. The first-order valence-electron chi connectivity index (χ1n) is 7.80. The predicted molar refractivity (Wildman–Crippen MR) is 101 cm³/mol. The molecule has 0 bridgehead atoms. The van der Waals surface area contributed by atoms with Gasteiger partial charge in [-0.3, -0.25) is 4.99 Å². The van der Waals surface area contributed by atoms with Crippen molar-refractivity contribution in [3.63, 3.8) is 0 Å². The van der Waals surface area contributed by atoms with Gasteiger partial charge in [0.2, 0.25) is 0 Å². The monoisotopic (exact) mass is 455 g/mol. The number of nitrogens with zero attached hydrogens (tertiary/aromatic N) is 2. The number of guanidine groups is 1. The van der Waals surface area contributed by atoms with Crippen LogP contribution < -0.4 is 14.8 Å². The molecule has 0 aliphatic carbocycles. The van der Waals surface area contributed by atoms with Gasteiger partial charge in [-0.25, -0.2) is 0 Å². The van der Waals surface area contributed by atoms with E-state index < -0.39 is 6.61 Å². The Morgan fingerprint density at radius 3 is 2.58 bits per heavy atom. The van der Waals surface area contributed by atoms with Gasteiger partial charge in [0.25, 0.3) is 0 Å². The van der Waals surface area contributed by atoms with Gasteiger partial charge in [0, 0.05) is 26.7 Å². The van der Waals surface area contributed by atoms with Crippen LogP contribution in [0.5, 0.6) is 11.5 Å². The van der Waals surface area contributed by atoms with Crippen LogP contribution in [0.2, 0.25) is 0 Å². The van der Waals surface area contributed by atoms with E-state index in [1.165, 1.54) is 18.9 Å². The summed E-state index contributed by atoms with van der Waals surface area (Å²) in [7, 11) is 1.76. The molecule has 2 rings (SSSR count). The Morgan fingerprint density at radius 1 is 1.29 bits per heavy atom. The van der Waals surface area contributed by atoms with Gasteiger partial charge < -0.3 is 19.7 Å². The van der Waals surface area contributed by atoms with Crippen LogP contribution in [-0.4, -0.2) is 44.2 Å². The van der Waals surface area contributed by atoms with Crippen molar-refractivity contribution in [2.75, 3.05) is 26.7 Å². The van der Waals surface area contributed by atoms with Crippen molar-refractivity contribution in [3.05, 3.63) is 23.8 Å². The molecule has 0 aromatic heterocycles. The number of nitrogens with one attached hydrogen (secondary N) is 1. The lowest BCUT2D eigenvalue weighted by atomic mass is 10.2. The van der Waals surface area contributed by atoms with Crippen molar-refractivity contribution in [2.45, 2.75) is 32.9 Å². The summed E-state index contributed by atoms with van der Waals surface area (Å²) in [4.78, 5) is 6.48. The Kier molecular flexibility index (Phi) is 9.09. The first-order chi connectivity index (χ1) is 11.1. The van der Waals surface area contributed by atoms with Crippen LogP contribution in [0, 0.1) is 0 Å². The molecule has 24 heavy (non-hydrogen) atoms. The van der Waals surface area contributed by atoms with E-state index in [0.717, 1.165) is 24.6 Å². The molecular weight excluding hydrogens is 431 g/mol. The highest BCUT2D eigenvalue weighted by Gasteiger charge is 2.16. The molecule has 0 radical (unpaired) electrons. The molecule has 0 saturated carbocycles. The summed E-state index contributed by atoms with van der Waals surface area (Å²) in [6, 6.07) is 4.96. The second-order valence-corrected chi connectivity index (χ2v) is 5.19. The third-order valence-electron chi connectivity index (χ3n) is 3.59. The number of hydrogen-bond acceptors (Lipinski definition) is 3. The molecule has 0 spiro atoms. The zero-order valence-corrected chi connectivity index (χ0v) is 16.3. The largest absolute Gasteiger partial charge is 0.490 e. The molecule has 1 saturated heterocycles. The summed E-state index contributed by atoms with van der Waals surface area (Å²) in [5.41, 5.74) is 0.912. The summed E-state index contributed by atoms with van der Waals surface area (Å²) in [5, 5.41) is 3.29. The van der Waals surface area contributed by atoms with E-state index in [2.05, 4.69) is 19.9 Å². The molecule has 136 valence electrons. The first-order valence-corrected chi connectivity index (χ1v) is 7.80.